The number of rotatable bonds is 4. The predicted octanol–water partition coefficient (Wildman–Crippen LogP) is 2.34. The van der Waals surface area contributed by atoms with E-state index in [1.54, 1.807) is 17.0 Å². The van der Waals surface area contributed by atoms with Crippen LogP contribution < -0.4 is 0 Å². The van der Waals surface area contributed by atoms with Crippen molar-refractivity contribution in [2.45, 2.75) is 32.1 Å². The Balaban J connectivity index is 1.74. The number of halogens is 1. The van der Waals surface area contributed by atoms with E-state index in [-0.39, 0.29) is 24.1 Å². The van der Waals surface area contributed by atoms with Gasteiger partial charge in [0.05, 0.1) is 6.54 Å². The third-order valence-electron chi connectivity index (χ3n) is 3.37. The van der Waals surface area contributed by atoms with E-state index in [9.17, 15) is 14.0 Å². The van der Waals surface area contributed by atoms with Crippen LogP contribution in [0, 0.1) is 5.82 Å². The third-order valence-corrected chi connectivity index (χ3v) is 3.37. The lowest BCUT2D eigenvalue weighted by Gasteiger charge is -2.25. The predicted molar refractivity (Wildman–Crippen MR) is 70.2 cm³/mol. The van der Waals surface area contributed by atoms with Gasteiger partial charge in [-0.3, -0.25) is 9.59 Å². The fourth-order valence-corrected chi connectivity index (χ4v) is 2.30. The number of Topliss-reactive ketones (excluding diaryl/α,β-unsaturated/α-hetero) is 1. The van der Waals surface area contributed by atoms with Crippen molar-refractivity contribution in [3.05, 3.63) is 35.6 Å². The van der Waals surface area contributed by atoms with Crippen molar-refractivity contribution >= 4 is 11.7 Å². The fourth-order valence-electron chi connectivity index (χ4n) is 2.30. The number of hydrogen-bond donors (Lipinski definition) is 0. The summed E-state index contributed by atoms with van der Waals surface area (Å²) in [4.78, 5) is 24.8. The van der Waals surface area contributed by atoms with Gasteiger partial charge in [0.15, 0.2) is 5.78 Å². The van der Waals surface area contributed by atoms with Crippen LogP contribution in [0.15, 0.2) is 24.3 Å². The molecule has 0 saturated carbocycles. The number of nitrogens with zero attached hydrogens (tertiary/aromatic N) is 1. The minimum absolute atomic E-state index is 0.0511. The van der Waals surface area contributed by atoms with Crippen LogP contribution in [0.5, 0.6) is 0 Å². The molecule has 1 aliphatic rings. The summed E-state index contributed by atoms with van der Waals surface area (Å²) in [7, 11) is 0. The first-order chi connectivity index (χ1) is 9.15. The highest BCUT2D eigenvalue weighted by Crippen LogP contribution is 2.11. The molecule has 1 fully saturated rings. The van der Waals surface area contributed by atoms with Gasteiger partial charge in [0.25, 0.3) is 0 Å². The Labute approximate surface area is 112 Å². The second-order valence-electron chi connectivity index (χ2n) is 4.94. The number of hydrogen-bond acceptors (Lipinski definition) is 2. The highest BCUT2D eigenvalue weighted by molar-refractivity contribution is 5.87. The van der Waals surface area contributed by atoms with E-state index in [1.807, 2.05) is 0 Å². The molecule has 19 heavy (non-hydrogen) atoms. The molecule has 0 unspecified atom stereocenters. The van der Waals surface area contributed by atoms with Crippen LogP contribution in [0.1, 0.15) is 31.2 Å². The molecule has 3 nitrogen and oxygen atoms in total. The average Bonchev–Trinajstić information content (AvgIpc) is 2.41. The molecule has 0 radical (unpaired) electrons. The van der Waals surface area contributed by atoms with Gasteiger partial charge < -0.3 is 4.90 Å². The highest BCUT2D eigenvalue weighted by Gasteiger charge is 2.20. The van der Waals surface area contributed by atoms with Gasteiger partial charge in [-0.1, -0.05) is 12.1 Å². The quantitative estimate of drug-likeness (QED) is 0.836. The van der Waals surface area contributed by atoms with Crippen molar-refractivity contribution in [3.8, 4) is 0 Å². The maximum absolute atomic E-state index is 12.7. The number of benzene rings is 1. The number of carbonyl (C=O) groups is 2. The maximum atomic E-state index is 12.7. The summed E-state index contributed by atoms with van der Waals surface area (Å²) in [6.45, 7) is 0.969. The molecule has 0 bridgehead atoms. The molecule has 1 heterocycles. The molecular weight excluding hydrogens is 245 g/mol. The molecule has 1 aromatic rings. The molecule has 1 amide bonds. The lowest BCUT2D eigenvalue weighted by Crippen LogP contribution is -2.40. The Morgan fingerprint density at radius 1 is 1.26 bits per heavy atom. The molecule has 0 atom stereocenters. The van der Waals surface area contributed by atoms with Gasteiger partial charge in [0, 0.05) is 19.4 Å². The first-order valence-corrected chi connectivity index (χ1v) is 6.69. The molecule has 0 aliphatic carbocycles. The lowest BCUT2D eigenvalue weighted by atomic mass is 10.1. The van der Waals surface area contributed by atoms with E-state index in [0.717, 1.165) is 24.8 Å². The Hall–Kier alpha value is -1.71. The van der Waals surface area contributed by atoms with Gasteiger partial charge in [-0.2, -0.15) is 0 Å². The first kappa shape index (κ1) is 13.7. The second-order valence-corrected chi connectivity index (χ2v) is 4.94. The number of amides is 1. The summed E-state index contributed by atoms with van der Waals surface area (Å²) >= 11 is 0. The van der Waals surface area contributed by atoms with E-state index in [1.165, 1.54) is 12.1 Å². The molecule has 0 N–H and O–H groups in total. The zero-order valence-electron chi connectivity index (χ0n) is 10.9. The van der Waals surface area contributed by atoms with Crippen LogP contribution in [0.4, 0.5) is 4.39 Å². The normalized spacial score (nSPS) is 15.6. The van der Waals surface area contributed by atoms with E-state index in [2.05, 4.69) is 0 Å². The summed E-state index contributed by atoms with van der Waals surface area (Å²) in [5.74, 6) is -0.0417. The molecule has 0 aromatic heterocycles. The number of aryl methyl sites for hydroxylation is 1. The zero-order valence-corrected chi connectivity index (χ0v) is 10.9. The van der Waals surface area contributed by atoms with Crippen molar-refractivity contribution in [2.24, 2.45) is 0 Å². The molecule has 1 aliphatic heterocycles. The van der Waals surface area contributed by atoms with E-state index < -0.39 is 0 Å². The van der Waals surface area contributed by atoms with Gasteiger partial charge in [0.1, 0.15) is 5.82 Å². The van der Waals surface area contributed by atoms with Crippen molar-refractivity contribution in [1.29, 1.82) is 0 Å². The number of piperidine rings is 1. The summed E-state index contributed by atoms with van der Waals surface area (Å²) in [6.07, 6.45) is 3.31. The Bertz CT molecular complexity index is 456. The molecule has 1 saturated heterocycles. The summed E-state index contributed by atoms with van der Waals surface area (Å²) in [5, 5.41) is 0. The topological polar surface area (TPSA) is 37.4 Å². The largest absolute Gasteiger partial charge is 0.335 e. The fraction of sp³-hybridized carbons (Fsp3) is 0.467. The molecule has 102 valence electrons. The van der Waals surface area contributed by atoms with Crippen LogP contribution in [-0.4, -0.2) is 29.7 Å². The molecule has 0 spiro atoms. The monoisotopic (exact) mass is 263 g/mol. The zero-order chi connectivity index (χ0) is 13.7. The van der Waals surface area contributed by atoms with E-state index >= 15 is 0 Å². The van der Waals surface area contributed by atoms with E-state index in [4.69, 9.17) is 0 Å². The third kappa shape index (κ3) is 4.16. The van der Waals surface area contributed by atoms with Crippen molar-refractivity contribution in [1.82, 2.24) is 4.90 Å². The minimum atomic E-state index is -0.244. The maximum Gasteiger partial charge on any atom is 0.222 e. The molecule has 2 rings (SSSR count). The van der Waals surface area contributed by atoms with Crippen molar-refractivity contribution in [2.75, 3.05) is 13.1 Å². The van der Waals surface area contributed by atoms with Crippen molar-refractivity contribution in [3.63, 3.8) is 0 Å². The lowest BCUT2D eigenvalue weighted by molar-refractivity contribution is -0.137. The van der Waals surface area contributed by atoms with Crippen LogP contribution in [0.3, 0.4) is 0 Å². The van der Waals surface area contributed by atoms with Gasteiger partial charge >= 0.3 is 0 Å². The van der Waals surface area contributed by atoms with E-state index in [0.29, 0.717) is 19.4 Å². The Kier molecular flexibility index (Phi) is 4.66. The van der Waals surface area contributed by atoms with Crippen LogP contribution in [0.2, 0.25) is 0 Å². The number of carbonyl (C=O) groups excluding carboxylic acids is 2. The van der Waals surface area contributed by atoms with Crippen molar-refractivity contribution < 1.29 is 14.0 Å². The molecule has 1 aromatic carbocycles. The molecular formula is C15H18FNO2. The SMILES string of the molecule is O=C1CCCN(C(=O)CCCc2ccc(F)cc2)C1. The van der Waals surface area contributed by atoms with Gasteiger partial charge in [-0.15, -0.1) is 0 Å². The minimum Gasteiger partial charge on any atom is -0.335 e. The number of likely N-dealkylation sites (tertiary alicyclic amines) is 1. The summed E-state index contributed by atoms with van der Waals surface area (Å²) in [5.41, 5.74) is 1.03. The number of ketones is 1. The summed E-state index contributed by atoms with van der Waals surface area (Å²) < 4.78 is 12.7. The standard InChI is InChI=1S/C15H18FNO2/c16-13-8-6-12(7-9-13)3-1-5-15(19)17-10-2-4-14(18)11-17/h6-9H,1-5,10-11H2. The smallest absolute Gasteiger partial charge is 0.222 e. The van der Waals surface area contributed by atoms with Crippen LogP contribution >= 0.6 is 0 Å². The second kappa shape index (κ2) is 6.45. The van der Waals surface area contributed by atoms with Crippen LogP contribution in [0.25, 0.3) is 0 Å². The Morgan fingerprint density at radius 3 is 2.68 bits per heavy atom. The van der Waals surface area contributed by atoms with Crippen LogP contribution in [-0.2, 0) is 16.0 Å². The van der Waals surface area contributed by atoms with Gasteiger partial charge in [-0.25, -0.2) is 4.39 Å². The average molecular weight is 263 g/mol. The van der Waals surface area contributed by atoms with Gasteiger partial charge in [-0.05, 0) is 37.0 Å². The first-order valence-electron chi connectivity index (χ1n) is 6.69. The summed E-state index contributed by atoms with van der Waals surface area (Å²) in [6, 6.07) is 6.34. The van der Waals surface area contributed by atoms with Gasteiger partial charge in [0.2, 0.25) is 5.91 Å². The Morgan fingerprint density at radius 2 is 2.00 bits per heavy atom. The highest BCUT2D eigenvalue weighted by atomic mass is 19.1. The molecule has 4 heteroatoms.